The molecule has 0 bridgehead atoms. The van der Waals surface area contributed by atoms with Crippen molar-refractivity contribution < 1.29 is 0 Å². The molecule has 0 aliphatic heterocycles. The van der Waals surface area contributed by atoms with Gasteiger partial charge in [0.2, 0.25) is 0 Å². The highest BCUT2D eigenvalue weighted by Gasteiger charge is 2.09. The Labute approximate surface area is 136 Å². The van der Waals surface area contributed by atoms with E-state index in [0.717, 1.165) is 30.3 Å². The van der Waals surface area contributed by atoms with Crippen LogP contribution in [0.25, 0.3) is 0 Å². The predicted molar refractivity (Wildman–Crippen MR) is 92.5 cm³/mol. The van der Waals surface area contributed by atoms with Crippen molar-refractivity contribution in [2.75, 3.05) is 6.54 Å². The van der Waals surface area contributed by atoms with Crippen LogP contribution in [0.1, 0.15) is 30.9 Å². The van der Waals surface area contributed by atoms with E-state index in [1.807, 2.05) is 12.4 Å². The molecular formula is C18H23BrN2. The molecule has 2 rings (SSSR count). The van der Waals surface area contributed by atoms with E-state index in [9.17, 15) is 0 Å². The van der Waals surface area contributed by atoms with Crippen LogP contribution in [0.2, 0.25) is 0 Å². The summed E-state index contributed by atoms with van der Waals surface area (Å²) in [6, 6.07) is 13.4. The van der Waals surface area contributed by atoms with Crippen LogP contribution in [-0.2, 0) is 12.8 Å². The zero-order valence-electron chi connectivity index (χ0n) is 12.6. The minimum Gasteiger partial charge on any atom is -0.314 e. The van der Waals surface area contributed by atoms with Gasteiger partial charge in [-0.25, -0.2) is 0 Å². The minimum absolute atomic E-state index is 0.527. The van der Waals surface area contributed by atoms with E-state index in [0.29, 0.717) is 6.04 Å². The fourth-order valence-electron chi connectivity index (χ4n) is 2.42. The Morgan fingerprint density at radius 1 is 1.05 bits per heavy atom. The second-order valence-electron chi connectivity index (χ2n) is 5.38. The van der Waals surface area contributed by atoms with Crippen molar-refractivity contribution in [1.82, 2.24) is 10.3 Å². The number of nitrogens with one attached hydrogen (secondary N) is 1. The van der Waals surface area contributed by atoms with E-state index in [2.05, 4.69) is 69.6 Å². The second kappa shape index (κ2) is 8.96. The molecule has 2 aromatic rings. The van der Waals surface area contributed by atoms with Crippen LogP contribution in [0, 0.1) is 0 Å². The lowest BCUT2D eigenvalue weighted by Gasteiger charge is -2.19. The van der Waals surface area contributed by atoms with Gasteiger partial charge in [-0.3, -0.25) is 4.98 Å². The fourth-order valence-corrected chi connectivity index (χ4v) is 2.68. The largest absolute Gasteiger partial charge is 0.314 e. The maximum Gasteiger partial charge on any atom is 0.0270 e. The number of rotatable bonds is 8. The molecule has 21 heavy (non-hydrogen) atoms. The smallest absolute Gasteiger partial charge is 0.0270 e. The molecule has 2 nitrogen and oxygen atoms in total. The van der Waals surface area contributed by atoms with Gasteiger partial charge in [0.1, 0.15) is 0 Å². The van der Waals surface area contributed by atoms with Crippen LogP contribution in [0.15, 0.2) is 53.3 Å². The van der Waals surface area contributed by atoms with E-state index in [-0.39, 0.29) is 0 Å². The highest BCUT2D eigenvalue weighted by atomic mass is 79.9. The maximum atomic E-state index is 4.08. The fraction of sp³-hybridized carbons (Fsp3) is 0.389. The highest BCUT2D eigenvalue weighted by Crippen LogP contribution is 2.14. The van der Waals surface area contributed by atoms with Crippen molar-refractivity contribution in [2.24, 2.45) is 0 Å². The van der Waals surface area contributed by atoms with Crippen LogP contribution in [0.4, 0.5) is 0 Å². The molecule has 0 aliphatic rings. The summed E-state index contributed by atoms with van der Waals surface area (Å²) in [7, 11) is 0. The van der Waals surface area contributed by atoms with Crippen LogP contribution in [-0.4, -0.2) is 17.6 Å². The monoisotopic (exact) mass is 346 g/mol. The molecule has 0 aliphatic carbocycles. The molecule has 1 aromatic carbocycles. The Kier molecular flexibility index (Phi) is 6.90. The Hall–Kier alpha value is -1.19. The summed E-state index contributed by atoms with van der Waals surface area (Å²) in [5, 5.41) is 3.68. The third-order valence-electron chi connectivity index (χ3n) is 3.61. The summed E-state index contributed by atoms with van der Waals surface area (Å²) < 4.78 is 1.14. The van der Waals surface area contributed by atoms with Crippen molar-refractivity contribution in [3.8, 4) is 0 Å². The molecule has 3 heteroatoms. The summed E-state index contributed by atoms with van der Waals surface area (Å²) in [6.45, 7) is 3.30. The molecule has 0 fully saturated rings. The van der Waals surface area contributed by atoms with Crippen LogP contribution < -0.4 is 5.32 Å². The first-order chi connectivity index (χ1) is 10.3. The first kappa shape index (κ1) is 16.2. The average molecular weight is 347 g/mol. The topological polar surface area (TPSA) is 24.9 Å². The molecule has 1 N–H and O–H groups in total. The van der Waals surface area contributed by atoms with Gasteiger partial charge in [-0.15, -0.1) is 0 Å². The molecule has 0 amide bonds. The van der Waals surface area contributed by atoms with Crippen molar-refractivity contribution in [3.63, 3.8) is 0 Å². The van der Waals surface area contributed by atoms with Gasteiger partial charge in [-0.2, -0.15) is 0 Å². The SMILES string of the molecule is CCCNC(CCc1ccncc1)Cc1ccc(Br)cc1. The van der Waals surface area contributed by atoms with Gasteiger partial charge in [0.15, 0.2) is 0 Å². The molecule has 0 saturated heterocycles. The van der Waals surface area contributed by atoms with E-state index < -0.39 is 0 Å². The standard InChI is InChI=1S/C18H23BrN2/c1-2-11-21-18(8-5-15-9-12-20-13-10-15)14-16-3-6-17(19)7-4-16/h3-4,6-7,9-10,12-13,18,21H,2,5,8,11,14H2,1H3. The Balaban J connectivity index is 1.92. The number of halogens is 1. The lowest BCUT2D eigenvalue weighted by molar-refractivity contribution is 0.477. The maximum absolute atomic E-state index is 4.08. The number of benzene rings is 1. The normalized spacial score (nSPS) is 12.3. The summed E-state index contributed by atoms with van der Waals surface area (Å²) in [4.78, 5) is 4.08. The van der Waals surface area contributed by atoms with Crippen molar-refractivity contribution in [1.29, 1.82) is 0 Å². The van der Waals surface area contributed by atoms with Gasteiger partial charge in [-0.1, -0.05) is 35.0 Å². The Morgan fingerprint density at radius 2 is 1.76 bits per heavy atom. The van der Waals surface area contributed by atoms with E-state index in [1.54, 1.807) is 0 Å². The van der Waals surface area contributed by atoms with Crippen LogP contribution in [0.5, 0.6) is 0 Å². The van der Waals surface area contributed by atoms with Crippen LogP contribution in [0.3, 0.4) is 0 Å². The van der Waals surface area contributed by atoms with Gasteiger partial charge < -0.3 is 5.32 Å². The number of aromatic nitrogens is 1. The molecule has 1 aromatic heterocycles. The highest BCUT2D eigenvalue weighted by molar-refractivity contribution is 9.10. The molecule has 0 radical (unpaired) electrons. The molecule has 1 atom stereocenters. The summed E-state index contributed by atoms with van der Waals surface area (Å²) >= 11 is 3.49. The number of hydrogen-bond donors (Lipinski definition) is 1. The summed E-state index contributed by atoms with van der Waals surface area (Å²) in [6.07, 6.45) is 8.25. The van der Waals surface area contributed by atoms with Gasteiger partial charge >= 0.3 is 0 Å². The Morgan fingerprint density at radius 3 is 2.43 bits per heavy atom. The molecule has 0 spiro atoms. The van der Waals surface area contributed by atoms with Gasteiger partial charge in [0, 0.05) is 22.9 Å². The average Bonchev–Trinajstić information content (AvgIpc) is 2.53. The summed E-state index contributed by atoms with van der Waals surface area (Å²) in [5.41, 5.74) is 2.76. The molecule has 112 valence electrons. The lowest BCUT2D eigenvalue weighted by atomic mass is 9.99. The first-order valence-corrected chi connectivity index (χ1v) is 8.44. The van der Waals surface area contributed by atoms with Crippen molar-refractivity contribution >= 4 is 15.9 Å². The lowest BCUT2D eigenvalue weighted by Crippen LogP contribution is -2.32. The number of hydrogen-bond acceptors (Lipinski definition) is 2. The molecule has 1 heterocycles. The van der Waals surface area contributed by atoms with E-state index >= 15 is 0 Å². The van der Waals surface area contributed by atoms with Crippen LogP contribution >= 0.6 is 15.9 Å². The van der Waals surface area contributed by atoms with Gasteiger partial charge in [-0.05, 0) is 67.6 Å². The third kappa shape index (κ3) is 5.98. The van der Waals surface area contributed by atoms with E-state index in [4.69, 9.17) is 0 Å². The van der Waals surface area contributed by atoms with Crippen molar-refractivity contribution in [2.45, 2.75) is 38.6 Å². The predicted octanol–water partition coefficient (Wildman–Crippen LogP) is 4.39. The molecule has 0 saturated carbocycles. The van der Waals surface area contributed by atoms with E-state index in [1.165, 1.54) is 17.5 Å². The Bertz CT molecular complexity index is 511. The second-order valence-corrected chi connectivity index (χ2v) is 6.29. The number of nitrogens with zero attached hydrogens (tertiary/aromatic N) is 1. The first-order valence-electron chi connectivity index (χ1n) is 7.64. The molecular weight excluding hydrogens is 324 g/mol. The quantitative estimate of drug-likeness (QED) is 0.766. The third-order valence-corrected chi connectivity index (χ3v) is 4.14. The minimum atomic E-state index is 0.527. The number of aryl methyl sites for hydroxylation is 1. The van der Waals surface area contributed by atoms with Gasteiger partial charge in [0.25, 0.3) is 0 Å². The zero-order valence-corrected chi connectivity index (χ0v) is 14.1. The molecule has 1 unspecified atom stereocenters. The van der Waals surface area contributed by atoms with Crippen molar-refractivity contribution in [3.05, 3.63) is 64.4 Å². The summed E-state index contributed by atoms with van der Waals surface area (Å²) in [5.74, 6) is 0. The zero-order chi connectivity index (χ0) is 14.9. The van der Waals surface area contributed by atoms with Gasteiger partial charge in [0.05, 0.1) is 0 Å². The number of pyridine rings is 1.